The lowest BCUT2D eigenvalue weighted by Crippen LogP contribution is -2.24. The topological polar surface area (TPSA) is 89.9 Å². The average Bonchev–Trinajstić information content (AvgIpc) is 2.89. The van der Waals surface area contributed by atoms with Crippen molar-refractivity contribution in [1.29, 1.82) is 0 Å². The summed E-state index contributed by atoms with van der Waals surface area (Å²) < 4.78 is 1.96. The third kappa shape index (κ3) is 2.82. The molecule has 2 aromatic rings. The largest absolute Gasteiger partial charge is 0.364 e. The van der Waals surface area contributed by atoms with Gasteiger partial charge >= 0.3 is 0 Å². The third-order valence-electron chi connectivity index (χ3n) is 2.52. The number of hydrogen-bond acceptors (Lipinski definition) is 5. The van der Waals surface area contributed by atoms with Gasteiger partial charge in [0.25, 0.3) is 5.91 Å². The molecule has 0 aliphatic heterocycles. The van der Waals surface area contributed by atoms with Gasteiger partial charge < -0.3 is 15.2 Å². The van der Waals surface area contributed by atoms with Gasteiger partial charge in [0, 0.05) is 32.5 Å². The summed E-state index contributed by atoms with van der Waals surface area (Å²) in [5.74, 6) is 0.0405. The van der Waals surface area contributed by atoms with E-state index >= 15 is 0 Å². The molecule has 0 bridgehead atoms. The first-order valence-electron chi connectivity index (χ1n) is 5.45. The number of carbonyl (C=O) groups excluding carboxylic acids is 1. The molecule has 7 heteroatoms. The zero-order chi connectivity index (χ0) is 13.0. The van der Waals surface area contributed by atoms with Crippen LogP contribution in [0, 0.1) is 0 Å². The number of anilines is 1. The minimum absolute atomic E-state index is 0.169. The molecule has 0 aromatic carbocycles. The predicted molar refractivity (Wildman–Crippen MR) is 66.0 cm³/mol. The van der Waals surface area contributed by atoms with Gasteiger partial charge in [-0.3, -0.25) is 9.78 Å². The van der Waals surface area contributed by atoms with E-state index in [4.69, 9.17) is 5.73 Å². The number of nitrogens with two attached hydrogens (primary N) is 1. The minimum atomic E-state index is -0.577. The van der Waals surface area contributed by atoms with Crippen LogP contribution in [0.2, 0.25) is 0 Å². The molecule has 2 rings (SSSR count). The maximum atomic E-state index is 11.0. The molecular formula is C11H14N6O. The highest BCUT2D eigenvalue weighted by Crippen LogP contribution is 2.07. The normalized spacial score (nSPS) is 10.3. The number of nitrogens with zero attached hydrogens (tertiary/aromatic N) is 5. The third-order valence-corrected chi connectivity index (χ3v) is 2.52. The second kappa shape index (κ2) is 5.26. The van der Waals surface area contributed by atoms with E-state index in [1.165, 1.54) is 6.20 Å². The summed E-state index contributed by atoms with van der Waals surface area (Å²) in [5, 5.41) is 0. The van der Waals surface area contributed by atoms with Crippen molar-refractivity contribution in [3.8, 4) is 0 Å². The molecule has 7 nitrogen and oxygen atoms in total. The first-order chi connectivity index (χ1) is 8.66. The summed E-state index contributed by atoms with van der Waals surface area (Å²) in [7, 11) is 1.88. The molecule has 0 atom stereocenters. The number of carbonyl (C=O) groups is 1. The number of imidazole rings is 1. The average molecular weight is 246 g/mol. The first-order valence-corrected chi connectivity index (χ1v) is 5.45. The summed E-state index contributed by atoms with van der Waals surface area (Å²) in [4.78, 5) is 25.0. The second-order valence-electron chi connectivity index (χ2n) is 3.85. The Labute approximate surface area is 104 Å². The van der Waals surface area contributed by atoms with Crippen molar-refractivity contribution in [2.45, 2.75) is 6.54 Å². The quantitative estimate of drug-likeness (QED) is 0.796. The monoisotopic (exact) mass is 246 g/mol. The van der Waals surface area contributed by atoms with Crippen molar-refractivity contribution in [1.82, 2.24) is 19.5 Å². The van der Waals surface area contributed by atoms with Crippen LogP contribution in [0.25, 0.3) is 0 Å². The molecule has 0 fully saturated rings. The van der Waals surface area contributed by atoms with Gasteiger partial charge in [-0.05, 0) is 0 Å². The predicted octanol–water partition coefficient (Wildman–Crippen LogP) is -0.0916. The molecule has 0 spiro atoms. The molecule has 18 heavy (non-hydrogen) atoms. The number of rotatable bonds is 5. The van der Waals surface area contributed by atoms with Gasteiger partial charge in [-0.25, -0.2) is 9.97 Å². The molecule has 0 aliphatic carbocycles. The minimum Gasteiger partial charge on any atom is -0.364 e. The van der Waals surface area contributed by atoms with Gasteiger partial charge in [-0.2, -0.15) is 0 Å². The molecule has 0 saturated heterocycles. The van der Waals surface area contributed by atoms with Crippen LogP contribution in [0.1, 0.15) is 10.5 Å². The van der Waals surface area contributed by atoms with E-state index in [0.29, 0.717) is 5.82 Å². The molecule has 0 unspecified atom stereocenters. The summed E-state index contributed by atoms with van der Waals surface area (Å²) >= 11 is 0. The standard InChI is InChI=1S/C11H14N6O/c1-16(4-5-17-3-2-13-8-17)10-7-14-6-9(15-10)11(12)18/h2-3,6-8H,4-5H2,1H3,(H2,12,18). The molecule has 0 radical (unpaired) electrons. The van der Waals surface area contributed by atoms with Crippen LogP contribution < -0.4 is 10.6 Å². The smallest absolute Gasteiger partial charge is 0.268 e. The van der Waals surface area contributed by atoms with Gasteiger partial charge in [-0.15, -0.1) is 0 Å². The highest BCUT2D eigenvalue weighted by molar-refractivity contribution is 5.90. The first kappa shape index (κ1) is 12.0. The van der Waals surface area contributed by atoms with Crippen LogP contribution in [-0.2, 0) is 6.54 Å². The lowest BCUT2D eigenvalue weighted by molar-refractivity contribution is 0.0995. The van der Waals surface area contributed by atoms with Crippen LogP contribution in [0.5, 0.6) is 0 Å². The van der Waals surface area contributed by atoms with Crippen molar-refractivity contribution >= 4 is 11.7 Å². The molecule has 2 heterocycles. The van der Waals surface area contributed by atoms with Gasteiger partial charge in [0.05, 0.1) is 18.7 Å². The number of primary amides is 1. The summed E-state index contributed by atoms with van der Waals surface area (Å²) in [5.41, 5.74) is 5.33. The van der Waals surface area contributed by atoms with Crippen LogP contribution in [0.15, 0.2) is 31.1 Å². The van der Waals surface area contributed by atoms with E-state index in [1.54, 1.807) is 18.7 Å². The summed E-state index contributed by atoms with van der Waals surface area (Å²) in [6, 6.07) is 0. The highest BCUT2D eigenvalue weighted by atomic mass is 16.1. The fourth-order valence-electron chi connectivity index (χ4n) is 1.46. The van der Waals surface area contributed by atoms with Crippen molar-refractivity contribution in [3.63, 3.8) is 0 Å². The maximum Gasteiger partial charge on any atom is 0.268 e. The molecule has 0 aliphatic rings. The SMILES string of the molecule is CN(CCn1ccnc1)c1cncc(C(N)=O)n1. The summed E-state index contributed by atoms with van der Waals surface area (Å²) in [6.07, 6.45) is 8.32. The number of hydrogen-bond donors (Lipinski definition) is 1. The summed E-state index contributed by atoms with van der Waals surface area (Å²) in [6.45, 7) is 1.51. The Balaban J connectivity index is 2.02. The maximum absolute atomic E-state index is 11.0. The van der Waals surface area contributed by atoms with Gasteiger partial charge in [-0.1, -0.05) is 0 Å². The zero-order valence-corrected chi connectivity index (χ0v) is 10.0. The van der Waals surface area contributed by atoms with E-state index in [1.807, 2.05) is 22.7 Å². The van der Waals surface area contributed by atoms with Crippen molar-refractivity contribution in [3.05, 3.63) is 36.8 Å². The molecule has 2 N–H and O–H groups in total. The Hall–Kier alpha value is -2.44. The van der Waals surface area contributed by atoms with Crippen molar-refractivity contribution in [2.75, 3.05) is 18.5 Å². The van der Waals surface area contributed by atoms with Crippen molar-refractivity contribution in [2.24, 2.45) is 5.73 Å². The van der Waals surface area contributed by atoms with Crippen molar-refractivity contribution < 1.29 is 4.79 Å². The fourth-order valence-corrected chi connectivity index (χ4v) is 1.46. The lowest BCUT2D eigenvalue weighted by Gasteiger charge is -2.18. The highest BCUT2D eigenvalue weighted by Gasteiger charge is 2.07. The number of likely N-dealkylation sites (N-methyl/N-ethyl adjacent to an activating group) is 1. The molecule has 94 valence electrons. The number of amides is 1. The Morgan fingerprint density at radius 3 is 2.94 bits per heavy atom. The van der Waals surface area contributed by atoms with E-state index in [0.717, 1.165) is 13.1 Å². The zero-order valence-electron chi connectivity index (χ0n) is 10.0. The Kier molecular flexibility index (Phi) is 3.52. The number of aromatic nitrogens is 4. The van der Waals surface area contributed by atoms with E-state index < -0.39 is 5.91 Å². The van der Waals surface area contributed by atoms with Crippen LogP contribution in [0.4, 0.5) is 5.82 Å². The second-order valence-corrected chi connectivity index (χ2v) is 3.85. The Bertz CT molecular complexity index is 524. The van der Waals surface area contributed by atoms with E-state index in [2.05, 4.69) is 15.0 Å². The van der Waals surface area contributed by atoms with Gasteiger partial charge in [0.15, 0.2) is 0 Å². The van der Waals surface area contributed by atoms with Gasteiger partial charge in [0.2, 0.25) is 0 Å². The Morgan fingerprint density at radius 1 is 1.44 bits per heavy atom. The van der Waals surface area contributed by atoms with E-state index in [-0.39, 0.29) is 5.69 Å². The van der Waals surface area contributed by atoms with E-state index in [9.17, 15) is 4.79 Å². The molecule has 1 amide bonds. The van der Waals surface area contributed by atoms with Crippen LogP contribution in [-0.4, -0.2) is 39.0 Å². The molecular weight excluding hydrogens is 232 g/mol. The molecule has 2 aromatic heterocycles. The molecule has 0 saturated carbocycles. The van der Waals surface area contributed by atoms with Crippen LogP contribution >= 0.6 is 0 Å². The van der Waals surface area contributed by atoms with Crippen LogP contribution in [0.3, 0.4) is 0 Å². The lowest BCUT2D eigenvalue weighted by atomic mass is 10.4. The Morgan fingerprint density at radius 2 is 2.28 bits per heavy atom. The van der Waals surface area contributed by atoms with Gasteiger partial charge in [0.1, 0.15) is 11.5 Å². The fraction of sp³-hybridized carbons (Fsp3) is 0.273.